The molecule has 0 aliphatic carbocycles. The number of imidazole rings is 1. The standard InChI is InChI=1S/C9H6N6O2/c16-9(17)6-3-15-7(11-4-12-15)8(13-6)14-2-1-10-5-14/h1-5H,(H,16,17). The molecule has 0 fully saturated rings. The monoisotopic (exact) mass is 230 g/mol. The van der Waals surface area contributed by atoms with Gasteiger partial charge < -0.3 is 5.11 Å². The van der Waals surface area contributed by atoms with Crippen LogP contribution in [0.25, 0.3) is 11.5 Å². The lowest BCUT2D eigenvalue weighted by molar-refractivity contribution is 0.0689. The van der Waals surface area contributed by atoms with Gasteiger partial charge in [0.2, 0.25) is 0 Å². The molecule has 0 amide bonds. The van der Waals surface area contributed by atoms with Gasteiger partial charge in [0.25, 0.3) is 0 Å². The van der Waals surface area contributed by atoms with Crippen molar-refractivity contribution in [1.82, 2.24) is 29.1 Å². The molecular formula is C9H6N6O2. The first-order chi connectivity index (χ1) is 8.25. The van der Waals surface area contributed by atoms with Crippen LogP contribution in [0.15, 0.2) is 31.2 Å². The molecule has 3 heterocycles. The molecule has 8 heteroatoms. The SMILES string of the molecule is O=C(O)c1cn2ncnc2c(-n2ccnc2)n1. The highest BCUT2D eigenvalue weighted by Crippen LogP contribution is 2.11. The predicted octanol–water partition coefficient (Wildman–Crippen LogP) is 0.00820. The number of carboxylic acid groups (broad SMARTS) is 1. The van der Waals surface area contributed by atoms with E-state index in [-0.39, 0.29) is 5.69 Å². The average molecular weight is 230 g/mol. The van der Waals surface area contributed by atoms with Gasteiger partial charge >= 0.3 is 5.97 Å². The summed E-state index contributed by atoms with van der Waals surface area (Å²) >= 11 is 0. The molecule has 3 aromatic rings. The fourth-order valence-electron chi connectivity index (χ4n) is 1.47. The Kier molecular flexibility index (Phi) is 1.87. The van der Waals surface area contributed by atoms with Gasteiger partial charge in [-0.3, -0.25) is 4.57 Å². The van der Waals surface area contributed by atoms with E-state index in [2.05, 4.69) is 20.1 Å². The summed E-state index contributed by atoms with van der Waals surface area (Å²) in [5.41, 5.74) is 0.361. The maximum atomic E-state index is 10.9. The normalized spacial score (nSPS) is 10.8. The molecular weight excluding hydrogens is 224 g/mol. The van der Waals surface area contributed by atoms with E-state index in [9.17, 15) is 4.79 Å². The first kappa shape index (κ1) is 9.46. The molecule has 0 aliphatic heterocycles. The summed E-state index contributed by atoms with van der Waals surface area (Å²) in [4.78, 5) is 22.9. The summed E-state index contributed by atoms with van der Waals surface area (Å²) in [6.45, 7) is 0. The van der Waals surface area contributed by atoms with E-state index >= 15 is 0 Å². The Morgan fingerprint density at radius 1 is 1.41 bits per heavy atom. The Bertz CT molecular complexity index is 687. The Labute approximate surface area is 94.2 Å². The highest BCUT2D eigenvalue weighted by Gasteiger charge is 2.13. The third kappa shape index (κ3) is 1.42. The van der Waals surface area contributed by atoms with Crippen LogP contribution in [-0.2, 0) is 0 Å². The van der Waals surface area contributed by atoms with E-state index in [1.54, 1.807) is 17.0 Å². The highest BCUT2D eigenvalue weighted by molar-refractivity contribution is 5.85. The van der Waals surface area contributed by atoms with Crippen LogP contribution >= 0.6 is 0 Å². The van der Waals surface area contributed by atoms with Crippen molar-refractivity contribution in [3.8, 4) is 5.82 Å². The predicted molar refractivity (Wildman–Crippen MR) is 54.9 cm³/mol. The van der Waals surface area contributed by atoms with Crippen LogP contribution in [-0.4, -0.2) is 40.2 Å². The lowest BCUT2D eigenvalue weighted by atomic mass is 10.4. The molecule has 0 radical (unpaired) electrons. The van der Waals surface area contributed by atoms with Gasteiger partial charge in [0.05, 0.1) is 6.20 Å². The molecule has 8 nitrogen and oxygen atoms in total. The first-order valence-corrected chi connectivity index (χ1v) is 4.68. The van der Waals surface area contributed by atoms with E-state index in [1.807, 2.05) is 0 Å². The smallest absolute Gasteiger partial charge is 0.356 e. The van der Waals surface area contributed by atoms with Crippen LogP contribution < -0.4 is 0 Å². The van der Waals surface area contributed by atoms with Gasteiger partial charge in [-0.05, 0) is 0 Å². The molecule has 0 aliphatic rings. The van der Waals surface area contributed by atoms with E-state index in [0.29, 0.717) is 11.5 Å². The number of carboxylic acids is 1. The van der Waals surface area contributed by atoms with Gasteiger partial charge in [0.15, 0.2) is 17.2 Å². The Balaban J connectivity index is 2.35. The fourth-order valence-corrected chi connectivity index (χ4v) is 1.47. The second kappa shape index (κ2) is 3.37. The Hall–Kier alpha value is -2.77. The maximum absolute atomic E-state index is 10.9. The fraction of sp³-hybridized carbons (Fsp3) is 0. The summed E-state index contributed by atoms with van der Waals surface area (Å²) < 4.78 is 2.95. The molecule has 0 bridgehead atoms. The maximum Gasteiger partial charge on any atom is 0.356 e. The molecule has 84 valence electrons. The van der Waals surface area contributed by atoms with Crippen molar-refractivity contribution in [2.75, 3.05) is 0 Å². The number of carbonyl (C=O) groups is 1. The largest absolute Gasteiger partial charge is 0.476 e. The van der Waals surface area contributed by atoms with Gasteiger partial charge in [-0.25, -0.2) is 24.3 Å². The van der Waals surface area contributed by atoms with Crippen LogP contribution in [0, 0.1) is 0 Å². The molecule has 0 saturated heterocycles. The van der Waals surface area contributed by atoms with E-state index < -0.39 is 5.97 Å². The van der Waals surface area contributed by atoms with Crippen molar-refractivity contribution >= 4 is 11.6 Å². The third-order valence-corrected chi connectivity index (χ3v) is 2.21. The van der Waals surface area contributed by atoms with Crippen molar-refractivity contribution in [2.24, 2.45) is 0 Å². The van der Waals surface area contributed by atoms with Crippen molar-refractivity contribution in [1.29, 1.82) is 0 Å². The number of fused-ring (bicyclic) bond motifs is 1. The Morgan fingerprint density at radius 2 is 2.29 bits per heavy atom. The van der Waals surface area contributed by atoms with Crippen molar-refractivity contribution in [3.63, 3.8) is 0 Å². The van der Waals surface area contributed by atoms with Crippen LogP contribution in [0.4, 0.5) is 0 Å². The topological polar surface area (TPSA) is 98.2 Å². The molecule has 3 aromatic heterocycles. The summed E-state index contributed by atoms with van der Waals surface area (Å²) in [6.07, 6.45) is 7.39. The third-order valence-electron chi connectivity index (χ3n) is 2.21. The van der Waals surface area contributed by atoms with Crippen LogP contribution in [0.3, 0.4) is 0 Å². The molecule has 0 atom stereocenters. The van der Waals surface area contributed by atoms with Gasteiger partial charge in [-0.2, -0.15) is 5.10 Å². The summed E-state index contributed by atoms with van der Waals surface area (Å²) in [6, 6.07) is 0. The molecule has 0 spiro atoms. The first-order valence-electron chi connectivity index (χ1n) is 4.68. The van der Waals surface area contributed by atoms with Crippen LogP contribution in [0.2, 0.25) is 0 Å². The number of hydrogen-bond donors (Lipinski definition) is 1. The second-order valence-corrected chi connectivity index (χ2v) is 3.25. The van der Waals surface area contributed by atoms with E-state index in [0.717, 1.165) is 0 Å². The number of nitrogens with zero attached hydrogens (tertiary/aromatic N) is 6. The summed E-state index contributed by atoms with van der Waals surface area (Å²) in [5, 5.41) is 12.9. The van der Waals surface area contributed by atoms with Crippen LogP contribution in [0.1, 0.15) is 10.5 Å². The average Bonchev–Trinajstić information content (AvgIpc) is 2.98. The molecule has 0 unspecified atom stereocenters. The minimum Gasteiger partial charge on any atom is -0.476 e. The van der Waals surface area contributed by atoms with Gasteiger partial charge in [-0.15, -0.1) is 0 Å². The number of rotatable bonds is 2. The zero-order valence-corrected chi connectivity index (χ0v) is 8.43. The van der Waals surface area contributed by atoms with Gasteiger partial charge in [0, 0.05) is 12.4 Å². The zero-order chi connectivity index (χ0) is 11.8. The molecule has 17 heavy (non-hydrogen) atoms. The van der Waals surface area contributed by atoms with Crippen molar-refractivity contribution in [2.45, 2.75) is 0 Å². The van der Waals surface area contributed by atoms with Gasteiger partial charge in [-0.1, -0.05) is 0 Å². The number of aromatic carboxylic acids is 1. The summed E-state index contributed by atoms with van der Waals surface area (Å²) in [7, 11) is 0. The minimum absolute atomic E-state index is 0.105. The minimum atomic E-state index is -1.12. The highest BCUT2D eigenvalue weighted by atomic mass is 16.4. The van der Waals surface area contributed by atoms with Crippen molar-refractivity contribution in [3.05, 3.63) is 36.9 Å². The quantitative estimate of drug-likeness (QED) is 0.665. The van der Waals surface area contributed by atoms with Crippen molar-refractivity contribution < 1.29 is 9.90 Å². The van der Waals surface area contributed by atoms with Crippen LogP contribution in [0.5, 0.6) is 0 Å². The number of aromatic nitrogens is 6. The lowest BCUT2D eigenvalue weighted by Gasteiger charge is -2.03. The lowest BCUT2D eigenvalue weighted by Crippen LogP contribution is -2.08. The number of hydrogen-bond acceptors (Lipinski definition) is 5. The Morgan fingerprint density at radius 3 is 3.00 bits per heavy atom. The van der Waals surface area contributed by atoms with E-state index in [4.69, 9.17) is 5.11 Å². The van der Waals surface area contributed by atoms with Gasteiger partial charge in [0.1, 0.15) is 12.7 Å². The molecule has 3 rings (SSSR count). The second-order valence-electron chi connectivity index (χ2n) is 3.25. The zero-order valence-electron chi connectivity index (χ0n) is 8.43. The molecule has 0 saturated carbocycles. The summed E-state index contributed by atoms with van der Waals surface area (Å²) in [5.74, 6) is -0.747. The van der Waals surface area contributed by atoms with E-state index in [1.165, 1.54) is 23.4 Å². The molecule has 1 N–H and O–H groups in total. The molecule has 0 aromatic carbocycles.